The second kappa shape index (κ2) is 44.4. The van der Waals surface area contributed by atoms with E-state index in [1.807, 2.05) is 87.5 Å². The maximum atomic E-state index is 13.1. The number of hydrogen-bond donors (Lipinski definition) is 6. The predicted octanol–water partition coefficient (Wildman–Crippen LogP) is 23.0. The van der Waals surface area contributed by atoms with Crippen molar-refractivity contribution in [1.29, 1.82) is 0 Å². The first-order valence-corrected chi connectivity index (χ1v) is 46.6. The van der Waals surface area contributed by atoms with Crippen molar-refractivity contribution in [3.63, 3.8) is 0 Å². The van der Waals surface area contributed by atoms with Crippen molar-refractivity contribution < 1.29 is 80.6 Å². The summed E-state index contributed by atoms with van der Waals surface area (Å²) in [5, 5.41) is 86.3. The number of thiazole rings is 2. The normalized spacial score (nSPS) is 14.0. The van der Waals surface area contributed by atoms with Gasteiger partial charge in [0.1, 0.15) is 5.75 Å². The van der Waals surface area contributed by atoms with E-state index in [1.54, 1.807) is 139 Å². The summed E-state index contributed by atoms with van der Waals surface area (Å²) in [7, 11) is 0. The van der Waals surface area contributed by atoms with Gasteiger partial charge in [-0.2, -0.15) is 31.4 Å². The molecule has 40 heteroatoms. The van der Waals surface area contributed by atoms with Crippen LogP contribution in [0.25, 0.3) is 58.1 Å². The molecule has 2 aromatic heterocycles. The lowest BCUT2D eigenvalue weighted by Gasteiger charge is -2.18. The topological polar surface area (TPSA) is 360 Å². The molecule has 0 aliphatic carbocycles. The Morgan fingerprint density at radius 1 is 0.489 bits per heavy atom. The van der Waals surface area contributed by atoms with Crippen molar-refractivity contribution >= 4 is 206 Å². The minimum Gasteiger partial charge on any atom is -0.506 e. The molecule has 6 N–H and O–H groups in total. The number of hydrogen-bond acceptors (Lipinski definition) is 25. The van der Waals surface area contributed by atoms with Gasteiger partial charge in [0.2, 0.25) is 29.3 Å². The number of halogens is 8. The average molecular weight is 2110 g/mol. The molecule has 1 atom stereocenters. The zero-order valence-electron chi connectivity index (χ0n) is 72.0. The van der Waals surface area contributed by atoms with Crippen LogP contribution in [0.4, 0.5) is 42.5 Å². The number of alkyl halides is 6. The molecule has 0 radical (unpaired) electrons. The van der Waals surface area contributed by atoms with Crippen LogP contribution < -0.4 is 41.0 Å². The number of amides is 4. The van der Waals surface area contributed by atoms with Gasteiger partial charge in [-0.3, -0.25) is 33.4 Å². The fourth-order valence-electron chi connectivity index (χ4n) is 13.7. The number of carboxylic acids is 2. The van der Waals surface area contributed by atoms with Crippen molar-refractivity contribution in [1.82, 2.24) is 14.6 Å². The lowest BCUT2D eigenvalue weighted by Crippen LogP contribution is -2.28. The van der Waals surface area contributed by atoms with Crippen LogP contribution in [0.2, 0.25) is 0 Å². The van der Waals surface area contributed by atoms with Gasteiger partial charge in [0, 0.05) is 10.4 Å². The summed E-state index contributed by atoms with van der Waals surface area (Å²) in [6.07, 6.45) is -0.376. The summed E-state index contributed by atoms with van der Waals surface area (Å²) in [6, 6.07) is 75.9. The smallest absolute Gasteiger partial charge is 0.416 e. The number of carbonyl (C=O) groups is 6. The standard InChI is InChI=1S/C26H20Br2N2O2.C19H15NO3S2.C18H10F3N5O2S.C18H10F3N5OS2.C18H13NO4S/c27-23-14-18(15-24(28)25(23)31)16-29-30-26(32)22(20-7-2-1-3-8-20)13-17-10-11-19-6-4-5-9-21(19)12-17;1-11-4-3-5-15(12(11)2)20-17(21)16(25-19(20)24)10-13-6-8-14(9-7-13)18(22)23;2*19-18(20,21)12-2-1-3-13(9-12)26-16(27)14(29-17(26)28)8-10-4-6-11(7-5-10)15-22-24-25-23-15;1-11-3-2-4-14(9-11)19-16(20)15(24-18(19)23)10-12-5-7-13(8-6-12)17(21)22/h1-12,14-16,22,31H,13H2,(H,30,32);3-10H,1-2H3,(H,22,23);2*1-9,27H;2-10H,1H3,(H,21,22)/b29-16+;16-10-;;;15-10-. The van der Waals surface area contributed by atoms with E-state index in [0.717, 1.165) is 129 Å². The van der Waals surface area contributed by atoms with E-state index in [4.69, 9.17) is 34.6 Å². The van der Waals surface area contributed by atoms with E-state index in [-0.39, 0.29) is 71.8 Å². The number of hydrazone groups is 1. The minimum atomic E-state index is -4.56. The van der Waals surface area contributed by atoms with Gasteiger partial charge in [-0.05, 0) is 285 Å². The zero-order valence-corrected chi connectivity index (χ0v) is 80.1. The number of aromatic nitrogens is 2. The molecule has 14 aromatic rings. The number of fused-ring (bicyclic) bond motifs is 1. The number of carboxylic acid groups (broad SMARTS) is 2. The van der Waals surface area contributed by atoms with Gasteiger partial charge in [-0.25, -0.2) is 24.5 Å². The Bertz CT molecular complexity index is 7580. The first-order valence-electron chi connectivity index (χ1n) is 40.9. The maximum Gasteiger partial charge on any atom is 0.416 e. The van der Waals surface area contributed by atoms with Crippen LogP contribution in [-0.2, 0) is 33.2 Å². The van der Waals surface area contributed by atoms with Crippen LogP contribution >= 0.6 is 102 Å². The third-order valence-corrected chi connectivity index (χ3v) is 26.4. The third-order valence-electron chi connectivity index (χ3n) is 20.8. The molecular formula is C99H68Br2F6N14O12S6. The number of phenolic OH excluding ortho intramolecular Hbond substituents is 1. The fraction of sp³-hybridized carbons (Fsp3) is 0.0707. The van der Waals surface area contributed by atoms with Crippen molar-refractivity contribution in [2.45, 2.75) is 45.5 Å². The Labute approximate surface area is 828 Å². The van der Waals surface area contributed by atoms with Crippen molar-refractivity contribution in [2.75, 3.05) is 9.80 Å². The van der Waals surface area contributed by atoms with Gasteiger partial charge >= 0.3 is 29.2 Å². The number of benzene rings is 12. The Kier molecular flexibility index (Phi) is 31.9. The number of aromatic carboxylic acids is 2. The second-order valence-electron chi connectivity index (χ2n) is 30.2. The van der Waals surface area contributed by atoms with E-state index >= 15 is 0 Å². The molecule has 1 unspecified atom stereocenters. The Balaban J connectivity index is 0.000000139. The number of aromatic hydroxyl groups is 3. The van der Waals surface area contributed by atoms with Crippen molar-refractivity contribution in [2.24, 2.45) is 46.5 Å². The van der Waals surface area contributed by atoms with Gasteiger partial charge in [0.25, 0.3) is 17.1 Å². The Morgan fingerprint density at radius 3 is 1.50 bits per heavy atom. The molecule has 4 amide bonds. The molecule has 18 rings (SSSR count). The molecule has 4 aliphatic heterocycles. The van der Waals surface area contributed by atoms with Gasteiger partial charge in [-0.15, -0.1) is 31.8 Å². The number of rotatable bonds is 16. The summed E-state index contributed by atoms with van der Waals surface area (Å²) in [6.45, 7) is 5.86. The number of nitrogens with zero attached hydrogens (tertiary/aromatic N) is 13. The van der Waals surface area contributed by atoms with Crippen LogP contribution in [0.5, 0.6) is 17.5 Å². The zero-order chi connectivity index (χ0) is 99.1. The predicted molar refractivity (Wildman–Crippen MR) is 537 cm³/mol. The van der Waals surface area contributed by atoms with Gasteiger partial charge in [0.05, 0.1) is 85.6 Å². The number of carbonyl (C=O) groups excluding carboxylic acids is 4. The average Bonchev–Trinajstić information content (AvgIpc) is 1.69. The van der Waals surface area contributed by atoms with Crippen LogP contribution in [0.1, 0.15) is 92.0 Å². The quantitative estimate of drug-likeness (QED) is 0.0172. The summed E-state index contributed by atoms with van der Waals surface area (Å²) in [4.78, 5) is 88.3. The summed E-state index contributed by atoms with van der Waals surface area (Å²) in [5.41, 5.74) is 9.98. The first kappa shape index (κ1) is 99.9. The first-order chi connectivity index (χ1) is 66.5. The number of anilines is 2. The fourth-order valence-corrected chi connectivity index (χ4v) is 19.3. The largest absolute Gasteiger partial charge is 0.506 e. The molecule has 2 saturated heterocycles. The summed E-state index contributed by atoms with van der Waals surface area (Å²) in [5.74, 6) is -2.88. The molecule has 0 saturated carbocycles. The third kappa shape index (κ3) is 24.9. The number of thioether (sulfide) groups is 2. The molecule has 12 aromatic carbocycles. The number of thiocarbonyl (C=S) groups is 1. The molecule has 6 heterocycles. The highest BCUT2D eigenvalue weighted by molar-refractivity contribution is 9.11. The second-order valence-corrected chi connectivity index (χ2v) is 37.2. The van der Waals surface area contributed by atoms with Gasteiger partial charge in [0.15, 0.2) is 8.27 Å². The van der Waals surface area contributed by atoms with Crippen LogP contribution in [-0.4, -0.2) is 80.1 Å². The number of imide groups is 1. The highest BCUT2D eigenvalue weighted by Gasteiger charge is 2.38. The lowest BCUT2D eigenvalue weighted by atomic mass is 9.90. The molecular weight excluding hydrogens is 2040 g/mol. The van der Waals surface area contributed by atoms with Crippen molar-refractivity contribution in [3.05, 3.63) is 403 Å². The van der Waals surface area contributed by atoms with E-state index in [2.05, 4.69) is 114 Å². The molecule has 26 nitrogen and oxygen atoms in total. The highest BCUT2D eigenvalue weighted by Crippen LogP contribution is 2.42. The SMILES string of the molecule is Cc1cccc(N2C(=O)/C(=C/c3ccc(C(=O)O)cc3)SC2=S)c1C.Cc1cccc(N2C(=O)S/C(=C\c3ccc(C(=O)O)cc3)C2=O)c1.O=C(N/N=C/c1cc(Br)c(O)c(Br)c1)C(Cc1ccc2ccccc2c1)c1ccccc1.O=c1sc(C=c2ccc(=C3N=NN=N3)cc2)c(O)n1-c1cccc(C(F)(F)F)c1.Oc1c(C=c2ccc(=C3N=NN=N3)cc2)sc(=S)n1-c1cccc(C(F)(F)F)c1. The lowest BCUT2D eigenvalue weighted by molar-refractivity contribution is -0.138. The van der Waals surface area contributed by atoms with Crippen LogP contribution in [0, 0.1) is 24.7 Å². The van der Waals surface area contributed by atoms with E-state index < -0.39 is 46.2 Å². The molecule has 4 aliphatic rings. The Hall–Kier alpha value is -15.0. The summed E-state index contributed by atoms with van der Waals surface area (Å²) < 4.78 is 81.7. The van der Waals surface area contributed by atoms with Gasteiger partial charge < -0.3 is 25.5 Å². The van der Waals surface area contributed by atoms with Crippen molar-refractivity contribution in [3.8, 4) is 28.9 Å². The van der Waals surface area contributed by atoms with Crippen LogP contribution in [0.15, 0.2) is 343 Å². The monoisotopic (exact) mass is 2110 g/mol. The molecule has 139 heavy (non-hydrogen) atoms. The molecule has 2 fully saturated rings. The van der Waals surface area contributed by atoms with Crippen LogP contribution in [0.3, 0.4) is 0 Å². The molecule has 698 valence electrons. The highest BCUT2D eigenvalue weighted by atomic mass is 79.9. The number of phenols is 1. The van der Waals surface area contributed by atoms with E-state index in [0.29, 0.717) is 67.7 Å². The van der Waals surface area contributed by atoms with Gasteiger partial charge in [-0.1, -0.05) is 217 Å². The molecule has 0 spiro atoms. The maximum absolute atomic E-state index is 13.1. The Morgan fingerprint density at radius 2 is 0.971 bits per heavy atom. The summed E-state index contributed by atoms with van der Waals surface area (Å²) >= 11 is 21.2. The van der Waals surface area contributed by atoms with E-state index in [1.165, 1.54) is 70.2 Å². The number of nitrogens with one attached hydrogen (secondary N) is 1. The molecule has 0 bridgehead atoms. The van der Waals surface area contributed by atoms with E-state index in [9.17, 15) is 75.2 Å². The number of aryl methyl sites for hydroxylation is 2. The minimum absolute atomic E-state index is 0.0677.